The smallest absolute Gasteiger partial charge is 0.306 e. The van der Waals surface area contributed by atoms with Crippen LogP contribution in [0.4, 0.5) is 0 Å². The zero-order valence-corrected chi connectivity index (χ0v) is 44.3. The lowest BCUT2D eigenvalue weighted by atomic mass is 10.0. The van der Waals surface area contributed by atoms with Gasteiger partial charge in [0.25, 0.3) is 0 Å². The summed E-state index contributed by atoms with van der Waals surface area (Å²) < 4.78 is 16.9. The molecule has 0 radical (unpaired) electrons. The Morgan fingerprint density at radius 2 is 0.415 bits per heavy atom. The second-order valence-corrected chi connectivity index (χ2v) is 20.3. The molecule has 0 saturated heterocycles. The van der Waals surface area contributed by atoms with E-state index in [1.165, 1.54) is 244 Å². The van der Waals surface area contributed by atoms with E-state index < -0.39 is 6.10 Å². The van der Waals surface area contributed by atoms with Gasteiger partial charge in [-0.15, -0.1) is 0 Å². The normalized spacial score (nSPS) is 11.9. The molecule has 0 saturated carbocycles. The minimum atomic E-state index is -0.761. The fourth-order valence-corrected chi connectivity index (χ4v) is 9.15. The van der Waals surface area contributed by atoms with Gasteiger partial charge in [0.1, 0.15) is 13.2 Å². The second kappa shape index (κ2) is 55.0. The Labute approximate surface area is 406 Å². The molecule has 0 aromatic carbocycles. The Morgan fingerprint density at radius 1 is 0.246 bits per heavy atom. The Kier molecular flexibility index (Phi) is 53.7. The zero-order valence-electron chi connectivity index (χ0n) is 44.3. The van der Waals surface area contributed by atoms with Crippen molar-refractivity contribution in [3.8, 4) is 0 Å². The van der Waals surface area contributed by atoms with E-state index in [4.69, 9.17) is 14.2 Å². The van der Waals surface area contributed by atoms with Crippen LogP contribution in [0, 0.1) is 0 Å². The first-order chi connectivity index (χ1) is 32.0. The van der Waals surface area contributed by atoms with E-state index in [0.717, 1.165) is 57.8 Å². The molecule has 0 aromatic heterocycles. The molecule has 0 heterocycles. The highest BCUT2D eigenvalue weighted by atomic mass is 16.6. The maximum atomic E-state index is 12.8. The average molecular weight is 920 g/mol. The summed E-state index contributed by atoms with van der Waals surface area (Å²) in [7, 11) is 0. The van der Waals surface area contributed by atoms with E-state index in [0.29, 0.717) is 19.3 Å². The van der Waals surface area contributed by atoms with Crippen LogP contribution in [0.1, 0.15) is 342 Å². The fraction of sp³-hybridized carbons (Fsp3) is 0.949. The molecule has 0 fully saturated rings. The van der Waals surface area contributed by atoms with Gasteiger partial charge < -0.3 is 14.2 Å². The van der Waals surface area contributed by atoms with Gasteiger partial charge in [0, 0.05) is 19.3 Å². The first-order valence-corrected chi connectivity index (χ1v) is 29.5. The first-order valence-electron chi connectivity index (χ1n) is 29.5. The molecule has 0 rings (SSSR count). The van der Waals surface area contributed by atoms with Crippen molar-refractivity contribution in [1.82, 2.24) is 0 Å². The molecular weight excluding hydrogens is 805 g/mol. The van der Waals surface area contributed by atoms with Crippen LogP contribution in [0.25, 0.3) is 0 Å². The summed E-state index contributed by atoms with van der Waals surface area (Å²) in [4.78, 5) is 38.1. The van der Waals surface area contributed by atoms with Crippen molar-refractivity contribution < 1.29 is 28.6 Å². The van der Waals surface area contributed by atoms with Gasteiger partial charge in [-0.05, 0) is 19.3 Å². The molecule has 0 bridgehead atoms. The lowest BCUT2D eigenvalue weighted by molar-refractivity contribution is -0.167. The number of esters is 3. The van der Waals surface area contributed by atoms with Crippen LogP contribution in [0.15, 0.2) is 0 Å². The SMILES string of the molecule is CCCCCCCCCCCCCCCCCCCCC(=O)OC[C@H](COC(=O)CCCCCCCCCCCCCCCC)OC(=O)CCCCCCCCCCCCCCCCC. The predicted octanol–water partition coefficient (Wildman–Crippen LogP) is 19.5. The number of ether oxygens (including phenoxy) is 3. The monoisotopic (exact) mass is 919 g/mol. The standard InChI is InChI=1S/C59H114O6/c1-4-7-10-13-16-19-22-25-28-29-30-32-34-37-40-43-46-49-52-58(61)64-55-56(54-63-57(60)51-48-45-42-39-36-33-27-24-21-18-15-12-9-6-3)65-59(62)53-50-47-44-41-38-35-31-26-23-20-17-14-11-8-5-2/h56H,4-55H2,1-3H3/t56-/m0/s1. The maximum Gasteiger partial charge on any atom is 0.306 e. The quantitative estimate of drug-likeness (QED) is 0.0344. The summed E-state index contributed by atoms with van der Waals surface area (Å²) in [6.45, 7) is 6.71. The van der Waals surface area contributed by atoms with Crippen molar-refractivity contribution in [1.29, 1.82) is 0 Å². The van der Waals surface area contributed by atoms with E-state index in [2.05, 4.69) is 20.8 Å². The summed E-state index contributed by atoms with van der Waals surface area (Å²) in [5.41, 5.74) is 0. The van der Waals surface area contributed by atoms with Gasteiger partial charge in [0.05, 0.1) is 0 Å². The van der Waals surface area contributed by atoms with Gasteiger partial charge in [-0.3, -0.25) is 14.4 Å². The summed E-state index contributed by atoms with van der Waals surface area (Å²) >= 11 is 0. The Bertz CT molecular complexity index is 967. The minimum Gasteiger partial charge on any atom is -0.462 e. The number of carbonyl (C=O) groups is 3. The largest absolute Gasteiger partial charge is 0.462 e. The second-order valence-electron chi connectivity index (χ2n) is 20.3. The molecule has 0 aromatic rings. The zero-order chi connectivity index (χ0) is 47.2. The van der Waals surface area contributed by atoms with E-state index in [-0.39, 0.29) is 31.1 Å². The van der Waals surface area contributed by atoms with Crippen molar-refractivity contribution in [2.75, 3.05) is 13.2 Å². The van der Waals surface area contributed by atoms with Crippen molar-refractivity contribution in [3.63, 3.8) is 0 Å². The van der Waals surface area contributed by atoms with Crippen molar-refractivity contribution in [2.24, 2.45) is 0 Å². The molecule has 1 atom stereocenters. The van der Waals surface area contributed by atoms with Gasteiger partial charge in [-0.1, -0.05) is 303 Å². The molecule has 0 aliphatic heterocycles. The summed E-state index contributed by atoms with van der Waals surface area (Å²) in [6, 6.07) is 0. The third-order valence-electron chi connectivity index (χ3n) is 13.6. The van der Waals surface area contributed by atoms with Crippen molar-refractivity contribution in [2.45, 2.75) is 348 Å². The van der Waals surface area contributed by atoms with Gasteiger partial charge in [-0.25, -0.2) is 0 Å². The van der Waals surface area contributed by atoms with E-state index in [1.54, 1.807) is 0 Å². The number of unbranched alkanes of at least 4 members (excludes halogenated alkanes) is 44. The molecular formula is C59H114O6. The molecule has 6 heteroatoms. The molecule has 0 aliphatic rings. The third kappa shape index (κ3) is 53.2. The predicted molar refractivity (Wildman–Crippen MR) is 280 cm³/mol. The summed E-state index contributed by atoms with van der Waals surface area (Å²) in [6.07, 6.45) is 60.9. The first kappa shape index (κ1) is 63.4. The molecule has 0 spiro atoms. The van der Waals surface area contributed by atoms with Crippen LogP contribution in [0.5, 0.6) is 0 Å². The lowest BCUT2D eigenvalue weighted by Crippen LogP contribution is -2.30. The minimum absolute atomic E-state index is 0.0609. The number of hydrogen-bond donors (Lipinski definition) is 0. The van der Waals surface area contributed by atoms with Crippen LogP contribution in [0.3, 0.4) is 0 Å². The van der Waals surface area contributed by atoms with E-state index >= 15 is 0 Å². The molecule has 0 aliphatic carbocycles. The van der Waals surface area contributed by atoms with Crippen LogP contribution >= 0.6 is 0 Å². The van der Waals surface area contributed by atoms with Gasteiger partial charge in [0.15, 0.2) is 6.10 Å². The number of rotatable bonds is 55. The molecule has 6 nitrogen and oxygen atoms in total. The highest BCUT2D eigenvalue weighted by Gasteiger charge is 2.19. The topological polar surface area (TPSA) is 78.9 Å². The van der Waals surface area contributed by atoms with Crippen LogP contribution < -0.4 is 0 Å². The van der Waals surface area contributed by atoms with Crippen LogP contribution in [-0.2, 0) is 28.6 Å². The van der Waals surface area contributed by atoms with Crippen LogP contribution in [0.2, 0.25) is 0 Å². The molecule has 0 N–H and O–H groups in total. The Hall–Kier alpha value is -1.59. The average Bonchev–Trinajstić information content (AvgIpc) is 3.30. The third-order valence-corrected chi connectivity index (χ3v) is 13.6. The Balaban J connectivity index is 4.28. The Morgan fingerprint density at radius 3 is 0.615 bits per heavy atom. The lowest BCUT2D eigenvalue weighted by Gasteiger charge is -2.18. The molecule has 386 valence electrons. The maximum absolute atomic E-state index is 12.8. The highest BCUT2D eigenvalue weighted by Crippen LogP contribution is 2.18. The van der Waals surface area contributed by atoms with Gasteiger partial charge >= 0.3 is 17.9 Å². The molecule has 0 unspecified atom stereocenters. The van der Waals surface area contributed by atoms with E-state index in [9.17, 15) is 14.4 Å². The number of carbonyl (C=O) groups excluding carboxylic acids is 3. The van der Waals surface area contributed by atoms with Crippen molar-refractivity contribution in [3.05, 3.63) is 0 Å². The molecule has 65 heavy (non-hydrogen) atoms. The molecule has 0 amide bonds. The number of hydrogen-bond acceptors (Lipinski definition) is 6. The van der Waals surface area contributed by atoms with Crippen molar-refractivity contribution >= 4 is 17.9 Å². The van der Waals surface area contributed by atoms with Gasteiger partial charge in [-0.2, -0.15) is 0 Å². The van der Waals surface area contributed by atoms with Gasteiger partial charge in [0.2, 0.25) is 0 Å². The fourth-order valence-electron chi connectivity index (χ4n) is 9.15. The van der Waals surface area contributed by atoms with Crippen LogP contribution in [-0.4, -0.2) is 37.2 Å². The van der Waals surface area contributed by atoms with E-state index in [1.807, 2.05) is 0 Å². The summed E-state index contributed by atoms with van der Waals surface area (Å²) in [5.74, 6) is -0.830. The summed E-state index contributed by atoms with van der Waals surface area (Å²) in [5, 5.41) is 0. The highest BCUT2D eigenvalue weighted by molar-refractivity contribution is 5.71.